The minimum absolute atomic E-state index is 0.222. The lowest BCUT2D eigenvalue weighted by Crippen LogP contribution is -2.62. The van der Waals surface area contributed by atoms with E-state index in [9.17, 15) is 29.8 Å². The lowest BCUT2D eigenvalue weighted by atomic mass is 9.91. The largest absolute Gasteiger partial charge is 0.394 e. The van der Waals surface area contributed by atoms with Gasteiger partial charge in [0.25, 0.3) is 5.91 Å². The first-order valence-corrected chi connectivity index (χ1v) is 13.5. The number of carbonyl (C=O) groups excluding carboxylic acids is 1. The first-order valence-electron chi connectivity index (χ1n) is 13.1. The number of halogens is 2. The summed E-state index contributed by atoms with van der Waals surface area (Å²) in [5.41, 5.74) is 1.29. The summed E-state index contributed by atoms with van der Waals surface area (Å²) in [6.07, 6.45) is -2.78. The average Bonchev–Trinajstić information content (AvgIpc) is 3.62. The summed E-state index contributed by atoms with van der Waals surface area (Å²) >= 11 is 6.28. The standard InChI is InChI=1S/C28H29ClFN5O6/c1-40-26-24(34-13-20(32-33-34)16-4-2-5-18(30)10-16)25(38)23(14-36)41-27(26)28(39)35(21-6-3-7-22(21)37)19-9-15(12-31)8-17(29)11-19/h2,4-5,8-11,13,21-27,36-38H,3,6-7,14H2,1H3/t21-,22-,23-,24+,25+,26-,27-/m1/s1. The maximum Gasteiger partial charge on any atom is 0.259 e. The molecule has 2 aromatic carbocycles. The molecular weight excluding hydrogens is 557 g/mol. The Morgan fingerprint density at radius 3 is 2.76 bits per heavy atom. The highest BCUT2D eigenvalue weighted by Crippen LogP contribution is 2.37. The first-order chi connectivity index (χ1) is 19.7. The van der Waals surface area contributed by atoms with Crippen LogP contribution in [0.25, 0.3) is 11.3 Å². The number of benzene rings is 2. The number of carbonyl (C=O) groups is 1. The van der Waals surface area contributed by atoms with Crippen molar-refractivity contribution in [2.45, 2.75) is 61.9 Å². The van der Waals surface area contributed by atoms with Gasteiger partial charge in [-0.1, -0.05) is 28.9 Å². The van der Waals surface area contributed by atoms with Crippen LogP contribution in [0.1, 0.15) is 30.9 Å². The van der Waals surface area contributed by atoms with Crippen molar-refractivity contribution in [2.75, 3.05) is 18.6 Å². The second kappa shape index (κ2) is 12.2. The van der Waals surface area contributed by atoms with Crippen LogP contribution in [0, 0.1) is 17.1 Å². The number of amides is 1. The Labute approximate surface area is 240 Å². The highest BCUT2D eigenvalue weighted by atomic mass is 35.5. The van der Waals surface area contributed by atoms with Crippen molar-refractivity contribution >= 4 is 23.2 Å². The van der Waals surface area contributed by atoms with Gasteiger partial charge in [-0.25, -0.2) is 9.07 Å². The first kappa shape index (κ1) is 29.1. The third-order valence-electron chi connectivity index (χ3n) is 7.62. The van der Waals surface area contributed by atoms with Gasteiger partial charge in [0.2, 0.25) is 0 Å². The van der Waals surface area contributed by atoms with Crippen LogP contribution in [-0.2, 0) is 14.3 Å². The van der Waals surface area contributed by atoms with E-state index in [1.54, 1.807) is 6.07 Å². The molecule has 0 bridgehead atoms. The van der Waals surface area contributed by atoms with Crippen LogP contribution in [0.4, 0.5) is 10.1 Å². The van der Waals surface area contributed by atoms with Gasteiger partial charge in [-0.15, -0.1) is 5.10 Å². The van der Waals surface area contributed by atoms with Crippen molar-refractivity contribution in [1.82, 2.24) is 15.0 Å². The molecule has 5 rings (SSSR count). The molecule has 1 aliphatic heterocycles. The predicted molar refractivity (Wildman–Crippen MR) is 144 cm³/mol. The third-order valence-corrected chi connectivity index (χ3v) is 7.84. The zero-order valence-corrected chi connectivity index (χ0v) is 22.8. The zero-order chi connectivity index (χ0) is 29.3. The van der Waals surface area contributed by atoms with Gasteiger partial charge in [0.05, 0.1) is 36.6 Å². The van der Waals surface area contributed by atoms with E-state index >= 15 is 0 Å². The number of aliphatic hydroxyl groups is 3. The molecule has 1 aromatic heterocycles. The summed E-state index contributed by atoms with van der Waals surface area (Å²) in [6.45, 7) is -0.620. The SMILES string of the molecule is CO[C@@H]1[C@@H](n2cc(-c3cccc(F)c3)nn2)[C@@H](O)[C@@H](CO)O[C@H]1C(=O)N(c1cc(Cl)cc(C#N)c1)[C@@H]1CCC[C@H]1O. The zero-order valence-electron chi connectivity index (χ0n) is 22.0. The van der Waals surface area contributed by atoms with Crippen LogP contribution in [0.2, 0.25) is 5.02 Å². The van der Waals surface area contributed by atoms with E-state index in [4.69, 9.17) is 21.1 Å². The second-order valence-electron chi connectivity index (χ2n) is 10.1. The predicted octanol–water partition coefficient (Wildman–Crippen LogP) is 2.23. The van der Waals surface area contributed by atoms with E-state index < -0.39 is 60.9 Å². The van der Waals surface area contributed by atoms with Crippen LogP contribution in [0.5, 0.6) is 0 Å². The third kappa shape index (κ3) is 5.70. The number of aromatic nitrogens is 3. The second-order valence-corrected chi connectivity index (χ2v) is 10.6. The van der Waals surface area contributed by atoms with Crippen molar-refractivity contribution in [1.29, 1.82) is 5.26 Å². The lowest BCUT2D eigenvalue weighted by molar-refractivity contribution is -0.211. The highest BCUT2D eigenvalue weighted by molar-refractivity contribution is 6.31. The minimum Gasteiger partial charge on any atom is -0.394 e. The van der Waals surface area contributed by atoms with Gasteiger partial charge < -0.3 is 29.7 Å². The van der Waals surface area contributed by atoms with Gasteiger partial charge >= 0.3 is 0 Å². The Kier molecular flexibility index (Phi) is 8.65. The van der Waals surface area contributed by atoms with Gasteiger partial charge in [0, 0.05) is 23.4 Å². The lowest BCUT2D eigenvalue weighted by Gasteiger charge is -2.45. The topological polar surface area (TPSA) is 154 Å². The molecule has 11 nitrogen and oxygen atoms in total. The summed E-state index contributed by atoms with van der Waals surface area (Å²) < 4.78 is 26.8. The maximum absolute atomic E-state index is 14.4. The normalized spacial score (nSPS) is 27.9. The number of nitrogens with zero attached hydrogens (tertiary/aromatic N) is 5. The number of hydrogen-bond donors (Lipinski definition) is 3. The molecule has 2 aliphatic rings. The van der Waals surface area contributed by atoms with Crippen molar-refractivity contribution in [2.24, 2.45) is 0 Å². The number of ether oxygens (including phenoxy) is 2. The van der Waals surface area contributed by atoms with E-state index in [1.807, 2.05) is 6.07 Å². The van der Waals surface area contributed by atoms with E-state index in [2.05, 4.69) is 10.3 Å². The molecule has 2 heterocycles. The van der Waals surface area contributed by atoms with Crippen molar-refractivity contribution < 1.29 is 34.0 Å². The van der Waals surface area contributed by atoms with Gasteiger partial charge in [-0.05, 0) is 49.6 Å². The molecule has 1 amide bonds. The molecule has 1 aliphatic carbocycles. The van der Waals surface area contributed by atoms with Gasteiger partial charge in [0.1, 0.15) is 35.9 Å². The Morgan fingerprint density at radius 1 is 1.29 bits per heavy atom. The number of aliphatic hydroxyl groups excluding tert-OH is 3. The smallest absolute Gasteiger partial charge is 0.259 e. The van der Waals surface area contributed by atoms with Crippen molar-refractivity contribution in [3.63, 3.8) is 0 Å². The number of rotatable bonds is 7. The quantitative estimate of drug-likeness (QED) is 0.379. The summed E-state index contributed by atoms with van der Waals surface area (Å²) in [5.74, 6) is -1.08. The molecule has 3 aromatic rings. The Balaban J connectivity index is 1.55. The minimum atomic E-state index is -1.37. The van der Waals surface area contributed by atoms with E-state index in [0.717, 1.165) is 0 Å². The van der Waals surface area contributed by atoms with E-state index in [1.165, 1.54) is 59.3 Å². The average molecular weight is 586 g/mol. The number of nitriles is 1. The maximum atomic E-state index is 14.4. The Hall–Kier alpha value is -3.44. The molecule has 41 heavy (non-hydrogen) atoms. The van der Waals surface area contributed by atoms with Gasteiger partial charge in [0.15, 0.2) is 6.10 Å². The van der Waals surface area contributed by atoms with Crippen molar-refractivity contribution in [3.05, 3.63) is 65.1 Å². The fraction of sp³-hybridized carbons (Fsp3) is 0.429. The molecule has 0 radical (unpaired) electrons. The monoisotopic (exact) mass is 585 g/mol. The van der Waals surface area contributed by atoms with E-state index in [-0.39, 0.29) is 10.6 Å². The van der Waals surface area contributed by atoms with Crippen LogP contribution in [-0.4, -0.2) is 86.5 Å². The van der Waals surface area contributed by atoms with Crippen LogP contribution >= 0.6 is 11.6 Å². The van der Waals surface area contributed by atoms with Crippen molar-refractivity contribution in [3.8, 4) is 17.3 Å². The van der Waals surface area contributed by atoms with Crippen LogP contribution in [0.3, 0.4) is 0 Å². The Bertz CT molecular complexity index is 1450. The molecule has 216 valence electrons. The summed E-state index contributed by atoms with van der Waals surface area (Å²) in [7, 11) is 1.35. The summed E-state index contributed by atoms with van der Waals surface area (Å²) in [4.78, 5) is 15.7. The van der Waals surface area contributed by atoms with Gasteiger partial charge in [-0.2, -0.15) is 5.26 Å². The summed E-state index contributed by atoms with van der Waals surface area (Å²) in [6, 6.07) is 10.6. The molecule has 3 N–H and O–H groups in total. The molecule has 2 fully saturated rings. The van der Waals surface area contributed by atoms with Crippen LogP contribution < -0.4 is 4.90 Å². The molecule has 1 saturated heterocycles. The number of hydrogen-bond acceptors (Lipinski definition) is 9. The molecule has 0 spiro atoms. The number of anilines is 1. The molecule has 7 atom stereocenters. The van der Waals surface area contributed by atoms with E-state index in [0.29, 0.717) is 36.2 Å². The Morgan fingerprint density at radius 2 is 2.10 bits per heavy atom. The molecule has 13 heteroatoms. The fourth-order valence-corrected chi connectivity index (χ4v) is 5.91. The van der Waals surface area contributed by atoms with Gasteiger partial charge in [-0.3, -0.25) is 4.79 Å². The van der Waals surface area contributed by atoms with Crippen LogP contribution in [0.15, 0.2) is 48.7 Å². The molecule has 1 saturated carbocycles. The number of methoxy groups -OCH3 is 1. The molecular formula is C28H29ClFN5O6. The summed E-state index contributed by atoms with van der Waals surface area (Å²) in [5, 5.41) is 50.0. The fourth-order valence-electron chi connectivity index (χ4n) is 5.68. The highest BCUT2D eigenvalue weighted by Gasteiger charge is 2.52. The molecule has 0 unspecified atom stereocenters.